The number of aromatic nitrogens is 1. The van der Waals surface area contributed by atoms with E-state index in [2.05, 4.69) is 4.98 Å². The molecule has 1 aromatic heterocycles. The summed E-state index contributed by atoms with van der Waals surface area (Å²) in [5.74, 6) is -2.39. The van der Waals surface area contributed by atoms with Gasteiger partial charge < -0.3 is 14.7 Å². The fourth-order valence-corrected chi connectivity index (χ4v) is 4.08. The van der Waals surface area contributed by atoms with Crippen LogP contribution in [0.4, 0.5) is 14.5 Å². The molecule has 2 atom stereocenters. The molecule has 2 saturated heterocycles. The zero-order valence-corrected chi connectivity index (χ0v) is 15.4. The van der Waals surface area contributed by atoms with Crippen LogP contribution in [0.5, 0.6) is 5.88 Å². The van der Waals surface area contributed by atoms with E-state index >= 15 is 0 Å². The van der Waals surface area contributed by atoms with Crippen molar-refractivity contribution in [2.24, 2.45) is 5.92 Å². The van der Waals surface area contributed by atoms with Gasteiger partial charge in [0.25, 0.3) is 11.8 Å². The van der Waals surface area contributed by atoms with E-state index in [0.29, 0.717) is 37.6 Å². The molecule has 0 bridgehead atoms. The number of aliphatic hydroxyl groups excluding tert-OH is 1. The van der Waals surface area contributed by atoms with Crippen LogP contribution in [0.1, 0.15) is 42.6 Å². The number of amides is 1. The highest BCUT2D eigenvalue weighted by Gasteiger charge is 2.52. The Kier molecular flexibility index (Phi) is 4.03. The van der Waals surface area contributed by atoms with Crippen molar-refractivity contribution in [2.45, 2.75) is 49.7 Å². The van der Waals surface area contributed by atoms with Crippen molar-refractivity contribution in [3.8, 4) is 5.88 Å². The van der Waals surface area contributed by atoms with Crippen LogP contribution in [0.3, 0.4) is 0 Å². The molecule has 2 unspecified atom stereocenters. The molecule has 2 aliphatic heterocycles. The number of carbonyl (C=O) groups is 1. The molecule has 1 spiro atoms. The molecule has 9 heteroatoms. The quantitative estimate of drug-likeness (QED) is 0.822. The second-order valence-corrected chi connectivity index (χ2v) is 8.50. The number of carbonyl (C=O) groups excluding carboxylic acids is 1. The zero-order chi connectivity index (χ0) is 19.5. The minimum atomic E-state index is -2.70. The summed E-state index contributed by atoms with van der Waals surface area (Å²) in [4.78, 5) is 24.2. The van der Waals surface area contributed by atoms with Gasteiger partial charge in [-0.25, -0.2) is 18.8 Å². The summed E-state index contributed by atoms with van der Waals surface area (Å²) in [6, 6.07) is 3.14. The maximum atomic E-state index is 13.3. The van der Waals surface area contributed by atoms with Crippen LogP contribution in [0.2, 0.25) is 0 Å². The standard InChI is InChI=1S/C19H23F2N3O4/c20-19(21)10-23(11-19)15-4-3-14(22-16(15)27-8-12-1-2-12)17(26)24-9-18(28-24)6-5-13(25)7-18/h3-4,12-13,25H,1-2,5-11H2. The molecule has 152 valence electrons. The van der Waals surface area contributed by atoms with Gasteiger partial charge in [-0.15, -0.1) is 0 Å². The maximum Gasteiger partial charge on any atom is 0.296 e. The first-order chi connectivity index (χ1) is 13.3. The predicted octanol–water partition coefficient (Wildman–Crippen LogP) is 2.00. The molecular weight excluding hydrogens is 372 g/mol. The lowest BCUT2D eigenvalue weighted by Gasteiger charge is -2.46. The van der Waals surface area contributed by atoms with E-state index in [-0.39, 0.29) is 36.7 Å². The van der Waals surface area contributed by atoms with Gasteiger partial charge in [-0.3, -0.25) is 9.63 Å². The van der Waals surface area contributed by atoms with Gasteiger partial charge in [0.2, 0.25) is 5.88 Å². The van der Waals surface area contributed by atoms with E-state index in [1.807, 2.05) is 0 Å². The number of aliphatic hydroxyl groups is 1. The minimum absolute atomic E-state index is 0.162. The van der Waals surface area contributed by atoms with Gasteiger partial charge in [0.05, 0.1) is 32.3 Å². The van der Waals surface area contributed by atoms with Crippen LogP contribution in [0.25, 0.3) is 0 Å². The molecule has 0 radical (unpaired) electrons. The van der Waals surface area contributed by atoms with Crippen LogP contribution < -0.4 is 9.64 Å². The van der Waals surface area contributed by atoms with Gasteiger partial charge in [-0.05, 0) is 43.7 Å². The largest absolute Gasteiger partial charge is 0.476 e. The van der Waals surface area contributed by atoms with Crippen molar-refractivity contribution >= 4 is 11.6 Å². The topological polar surface area (TPSA) is 75.1 Å². The Morgan fingerprint density at radius 2 is 2.04 bits per heavy atom. The fourth-order valence-electron chi connectivity index (χ4n) is 4.08. The third-order valence-electron chi connectivity index (χ3n) is 5.90. The highest BCUT2D eigenvalue weighted by molar-refractivity contribution is 5.92. The molecular formula is C19H23F2N3O4. The fraction of sp³-hybridized carbons (Fsp3) is 0.684. The molecule has 7 nitrogen and oxygen atoms in total. The number of anilines is 1. The lowest BCUT2D eigenvalue weighted by Crippen LogP contribution is -2.60. The Bertz CT molecular complexity index is 787. The van der Waals surface area contributed by atoms with Crippen molar-refractivity contribution in [3.63, 3.8) is 0 Å². The lowest BCUT2D eigenvalue weighted by atomic mass is 9.99. The van der Waals surface area contributed by atoms with Crippen molar-refractivity contribution in [2.75, 3.05) is 31.1 Å². The Hall–Kier alpha value is -2.00. The smallest absolute Gasteiger partial charge is 0.296 e. The summed E-state index contributed by atoms with van der Waals surface area (Å²) >= 11 is 0. The maximum absolute atomic E-state index is 13.3. The van der Waals surface area contributed by atoms with E-state index in [4.69, 9.17) is 9.57 Å². The Morgan fingerprint density at radius 3 is 2.64 bits per heavy atom. The molecule has 4 aliphatic rings. The monoisotopic (exact) mass is 395 g/mol. The van der Waals surface area contributed by atoms with Crippen LogP contribution in [-0.2, 0) is 4.84 Å². The van der Waals surface area contributed by atoms with Gasteiger partial charge in [-0.1, -0.05) is 0 Å². The molecule has 4 fully saturated rings. The van der Waals surface area contributed by atoms with Crippen molar-refractivity contribution in [1.82, 2.24) is 10.0 Å². The number of hydrogen-bond donors (Lipinski definition) is 1. The second kappa shape index (κ2) is 6.25. The number of hydroxylamine groups is 2. The highest BCUT2D eigenvalue weighted by Crippen LogP contribution is 2.42. The number of pyridine rings is 1. The Labute approximate surface area is 161 Å². The zero-order valence-electron chi connectivity index (χ0n) is 15.4. The minimum Gasteiger partial charge on any atom is -0.476 e. The van der Waals surface area contributed by atoms with Crippen molar-refractivity contribution in [1.29, 1.82) is 0 Å². The van der Waals surface area contributed by atoms with E-state index in [0.717, 1.165) is 19.3 Å². The number of ether oxygens (including phenoxy) is 1. The number of rotatable bonds is 5. The molecule has 0 aromatic carbocycles. The highest BCUT2D eigenvalue weighted by atomic mass is 19.3. The molecule has 2 aliphatic carbocycles. The van der Waals surface area contributed by atoms with Gasteiger partial charge >= 0.3 is 0 Å². The van der Waals surface area contributed by atoms with Crippen LogP contribution >= 0.6 is 0 Å². The first-order valence-corrected chi connectivity index (χ1v) is 9.78. The van der Waals surface area contributed by atoms with E-state index < -0.39 is 11.5 Å². The second-order valence-electron chi connectivity index (χ2n) is 8.50. The molecule has 5 rings (SSSR count). The third kappa shape index (κ3) is 3.30. The van der Waals surface area contributed by atoms with Crippen LogP contribution in [0.15, 0.2) is 12.1 Å². The average Bonchev–Trinajstić information content (AvgIpc) is 3.35. The van der Waals surface area contributed by atoms with Gasteiger partial charge in [0, 0.05) is 6.42 Å². The summed E-state index contributed by atoms with van der Waals surface area (Å²) in [5.41, 5.74) is 0.210. The van der Waals surface area contributed by atoms with E-state index in [1.54, 1.807) is 6.07 Å². The molecule has 3 heterocycles. The van der Waals surface area contributed by atoms with Gasteiger partial charge in [0.1, 0.15) is 17.0 Å². The normalized spacial score (nSPS) is 30.9. The first-order valence-electron chi connectivity index (χ1n) is 9.78. The van der Waals surface area contributed by atoms with Crippen molar-refractivity contribution < 1.29 is 28.3 Å². The van der Waals surface area contributed by atoms with Crippen LogP contribution in [0, 0.1) is 5.92 Å². The first kappa shape index (κ1) is 18.1. The number of hydrogen-bond acceptors (Lipinski definition) is 6. The summed E-state index contributed by atoms with van der Waals surface area (Å²) in [6.45, 7) is 0.149. The average molecular weight is 395 g/mol. The summed E-state index contributed by atoms with van der Waals surface area (Å²) in [6.07, 6.45) is 3.72. The number of halogens is 2. The third-order valence-corrected chi connectivity index (χ3v) is 5.90. The van der Waals surface area contributed by atoms with Crippen LogP contribution in [-0.4, -0.2) is 64.9 Å². The summed E-state index contributed by atoms with van der Waals surface area (Å²) < 4.78 is 32.3. The van der Waals surface area contributed by atoms with Gasteiger partial charge in [-0.2, -0.15) is 0 Å². The lowest BCUT2D eigenvalue weighted by molar-refractivity contribution is -0.319. The molecule has 1 aromatic rings. The summed E-state index contributed by atoms with van der Waals surface area (Å²) in [5, 5.41) is 10.9. The van der Waals surface area contributed by atoms with Crippen molar-refractivity contribution in [3.05, 3.63) is 17.8 Å². The molecule has 28 heavy (non-hydrogen) atoms. The van der Waals surface area contributed by atoms with E-state index in [1.165, 1.54) is 16.0 Å². The predicted molar refractivity (Wildman–Crippen MR) is 94.3 cm³/mol. The Balaban J connectivity index is 1.30. The SMILES string of the molecule is O=C(c1ccc(N2CC(F)(F)C2)c(OCC2CC2)n1)N1CC2(CCC(O)C2)O1. The molecule has 1 amide bonds. The Morgan fingerprint density at radius 1 is 1.29 bits per heavy atom. The van der Waals surface area contributed by atoms with Gasteiger partial charge in [0.15, 0.2) is 0 Å². The molecule has 2 saturated carbocycles. The number of nitrogens with zero attached hydrogens (tertiary/aromatic N) is 3. The van der Waals surface area contributed by atoms with E-state index in [9.17, 15) is 18.7 Å². The summed E-state index contributed by atoms with van der Waals surface area (Å²) in [7, 11) is 0. The number of alkyl halides is 2. The molecule has 1 N–H and O–H groups in total.